The zero-order valence-corrected chi connectivity index (χ0v) is 12.6. The molecule has 0 unspecified atom stereocenters. The lowest BCUT2D eigenvalue weighted by molar-refractivity contribution is 0.0950. The normalized spacial score (nSPS) is 12.6. The van der Waals surface area contributed by atoms with Crippen LogP contribution >= 0.6 is 0 Å². The average molecular weight is 309 g/mol. The van der Waals surface area contributed by atoms with Crippen molar-refractivity contribution in [2.75, 3.05) is 6.79 Å². The number of fused-ring (bicyclic) bond motifs is 2. The average Bonchev–Trinajstić information content (AvgIpc) is 3.18. The van der Waals surface area contributed by atoms with E-state index in [9.17, 15) is 4.79 Å². The molecule has 1 aromatic carbocycles. The van der Waals surface area contributed by atoms with Crippen molar-refractivity contribution < 1.29 is 14.3 Å². The van der Waals surface area contributed by atoms with E-state index in [1.165, 1.54) is 0 Å². The Kier molecular flexibility index (Phi) is 3.15. The van der Waals surface area contributed by atoms with Crippen LogP contribution in [0.15, 0.2) is 42.6 Å². The highest BCUT2D eigenvalue weighted by Crippen LogP contribution is 2.32. The van der Waals surface area contributed by atoms with Crippen molar-refractivity contribution >= 4 is 11.6 Å². The Morgan fingerprint density at radius 3 is 3.00 bits per heavy atom. The molecule has 0 atom stereocenters. The molecule has 1 N–H and O–H groups in total. The van der Waals surface area contributed by atoms with Crippen molar-refractivity contribution in [1.29, 1.82) is 0 Å². The number of carbonyl (C=O) groups excluding carboxylic acids is 1. The number of benzene rings is 1. The largest absolute Gasteiger partial charge is 0.454 e. The SMILES string of the molecule is Cc1cccc2nc(CNC(=O)c3ccc4c(c3)OCO4)cn12. The number of nitrogens with one attached hydrogen (secondary N) is 1. The summed E-state index contributed by atoms with van der Waals surface area (Å²) in [5.41, 5.74) is 3.32. The Labute approximate surface area is 132 Å². The van der Waals surface area contributed by atoms with Crippen LogP contribution in [0.1, 0.15) is 21.7 Å². The number of aryl methyl sites for hydroxylation is 1. The summed E-state index contributed by atoms with van der Waals surface area (Å²) in [6, 6.07) is 11.1. The third-order valence-electron chi connectivity index (χ3n) is 3.81. The number of hydrogen-bond acceptors (Lipinski definition) is 4. The van der Waals surface area contributed by atoms with E-state index in [-0.39, 0.29) is 12.7 Å². The fraction of sp³-hybridized carbons (Fsp3) is 0.176. The Hall–Kier alpha value is -3.02. The monoisotopic (exact) mass is 309 g/mol. The second-order valence-electron chi connectivity index (χ2n) is 5.38. The summed E-state index contributed by atoms with van der Waals surface area (Å²) >= 11 is 0. The molecule has 6 nitrogen and oxygen atoms in total. The molecule has 23 heavy (non-hydrogen) atoms. The quantitative estimate of drug-likeness (QED) is 0.806. The van der Waals surface area contributed by atoms with Crippen LogP contribution < -0.4 is 14.8 Å². The van der Waals surface area contributed by atoms with E-state index in [1.807, 2.05) is 35.7 Å². The van der Waals surface area contributed by atoms with Crippen molar-refractivity contribution in [2.24, 2.45) is 0 Å². The van der Waals surface area contributed by atoms with Crippen LogP contribution in [-0.2, 0) is 6.54 Å². The van der Waals surface area contributed by atoms with E-state index < -0.39 is 0 Å². The summed E-state index contributed by atoms with van der Waals surface area (Å²) in [5, 5.41) is 2.88. The molecule has 0 aliphatic carbocycles. The molecule has 0 fully saturated rings. The third kappa shape index (κ3) is 2.48. The zero-order valence-electron chi connectivity index (χ0n) is 12.6. The van der Waals surface area contributed by atoms with Gasteiger partial charge in [-0.25, -0.2) is 4.98 Å². The molecule has 4 rings (SSSR count). The van der Waals surface area contributed by atoms with Gasteiger partial charge in [0.05, 0.1) is 12.2 Å². The van der Waals surface area contributed by atoms with Gasteiger partial charge < -0.3 is 19.2 Å². The van der Waals surface area contributed by atoms with E-state index in [2.05, 4.69) is 10.3 Å². The topological polar surface area (TPSA) is 64.9 Å². The van der Waals surface area contributed by atoms with Crippen LogP contribution in [-0.4, -0.2) is 22.1 Å². The van der Waals surface area contributed by atoms with Gasteiger partial charge in [0, 0.05) is 17.5 Å². The molecule has 1 amide bonds. The fourth-order valence-electron chi connectivity index (χ4n) is 2.59. The van der Waals surface area contributed by atoms with E-state index in [0.717, 1.165) is 17.0 Å². The van der Waals surface area contributed by atoms with Crippen LogP contribution in [0.2, 0.25) is 0 Å². The molecule has 3 heterocycles. The Morgan fingerprint density at radius 2 is 2.13 bits per heavy atom. The Balaban J connectivity index is 1.49. The number of pyridine rings is 1. The van der Waals surface area contributed by atoms with Gasteiger partial charge in [-0.05, 0) is 37.3 Å². The lowest BCUT2D eigenvalue weighted by Gasteiger charge is -2.04. The summed E-state index contributed by atoms with van der Waals surface area (Å²) in [6.45, 7) is 2.58. The van der Waals surface area contributed by atoms with Gasteiger partial charge in [0.25, 0.3) is 5.91 Å². The third-order valence-corrected chi connectivity index (χ3v) is 3.81. The number of carbonyl (C=O) groups is 1. The molecule has 0 radical (unpaired) electrons. The minimum Gasteiger partial charge on any atom is -0.454 e. The molecular formula is C17H15N3O3. The minimum atomic E-state index is -0.169. The first kappa shape index (κ1) is 13.6. The zero-order chi connectivity index (χ0) is 15.8. The molecule has 0 saturated carbocycles. The van der Waals surface area contributed by atoms with Crippen molar-refractivity contribution in [2.45, 2.75) is 13.5 Å². The maximum absolute atomic E-state index is 12.3. The van der Waals surface area contributed by atoms with Crippen molar-refractivity contribution in [3.63, 3.8) is 0 Å². The number of nitrogens with zero attached hydrogens (tertiary/aromatic N) is 2. The van der Waals surface area contributed by atoms with E-state index in [4.69, 9.17) is 9.47 Å². The van der Waals surface area contributed by atoms with Crippen LogP contribution in [0.5, 0.6) is 11.5 Å². The molecule has 3 aromatic rings. The second-order valence-corrected chi connectivity index (χ2v) is 5.38. The van der Waals surface area contributed by atoms with Gasteiger partial charge in [-0.3, -0.25) is 4.79 Å². The van der Waals surface area contributed by atoms with Gasteiger partial charge in [-0.15, -0.1) is 0 Å². The summed E-state index contributed by atoms with van der Waals surface area (Å²) < 4.78 is 12.5. The fourth-order valence-corrected chi connectivity index (χ4v) is 2.59. The van der Waals surface area contributed by atoms with Gasteiger partial charge in [0.1, 0.15) is 5.65 Å². The van der Waals surface area contributed by atoms with Gasteiger partial charge in [0.15, 0.2) is 11.5 Å². The van der Waals surface area contributed by atoms with E-state index in [0.29, 0.717) is 23.6 Å². The molecule has 2 aromatic heterocycles. The number of aromatic nitrogens is 2. The lowest BCUT2D eigenvalue weighted by atomic mass is 10.2. The van der Waals surface area contributed by atoms with E-state index in [1.54, 1.807) is 18.2 Å². The van der Waals surface area contributed by atoms with Gasteiger partial charge in [-0.2, -0.15) is 0 Å². The number of hydrogen-bond donors (Lipinski definition) is 1. The van der Waals surface area contributed by atoms with Crippen LogP contribution in [0, 0.1) is 6.92 Å². The molecular weight excluding hydrogens is 294 g/mol. The van der Waals surface area contributed by atoms with Crippen LogP contribution in [0.4, 0.5) is 0 Å². The smallest absolute Gasteiger partial charge is 0.251 e. The molecule has 116 valence electrons. The van der Waals surface area contributed by atoms with Gasteiger partial charge in [-0.1, -0.05) is 6.07 Å². The van der Waals surface area contributed by atoms with Gasteiger partial charge in [0.2, 0.25) is 6.79 Å². The van der Waals surface area contributed by atoms with Crippen molar-refractivity contribution in [3.8, 4) is 11.5 Å². The summed E-state index contributed by atoms with van der Waals surface area (Å²) in [6.07, 6.45) is 1.94. The molecule has 0 spiro atoms. The summed E-state index contributed by atoms with van der Waals surface area (Å²) in [4.78, 5) is 16.8. The van der Waals surface area contributed by atoms with Crippen molar-refractivity contribution in [3.05, 3.63) is 59.5 Å². The molecule has 1 aliphatic heterocycles. The Bertz CT molecular complexity index is 901. The first-order valence-corrected chi connectivity index (χ1v) is 7.32. The number of imidazole rings is 1. The molecule has 0 bridgehead atoms. The number of rotatable bonds is 3. The molecule has 1 aliphatic rings. The molecule has 0 saturated heterocycles. The first-order valence-electron chi connectivity index (χ1n) is 7.32. The van der Waals surface area contributed by atoms with Gasteiger partial charge >= 0.3 is 0 Å². The highest BCUT2D eigenvalue weighted by molar-refractivity contribution is 5.94. The van der Waals surface area contributed by atoms with Crippen LogP contribution in [0.25, 0.3) is 5.65 Å². The highest BCUT2D eigenvalue weighted by Gasteiger charge is 2.16. The number of amides is 1. The lowest BCUT2D eigenvalue weighted by Crippen LogP contribution is -2.22. The minimum absolute atomic E-state index is 0.169. The highest BCUT2D eigenvalue weighted by atomic mass is 16.7. The van der Waals surface area contributed by atoms with E-state index >= 15 is 0 Å². The second kappa shape index (κ2) is 5.31. The summed E-state index contributed by atoms with van der Waals surface area (Å²) in [5.74, 6) is 1.09. The summed E-state index contributed by atoms with van der Waals surface area (Å²) in [7, 11) is 0. The number of ether oxygens (including phenoxy) is 2. The molecule has 6 heteroatoms. The standard InChI is InChI=1S/C17H15N3O3/c1-11-3-2-4-16-19-13(9-20(11)16)8-18-17(21)12-5-6-14-15(7-12)23-10-22-14/h2-7,9H,8,10H2,1H3,(H,18,21). The maximum Gasteiger partial charge on any atom is 0.251 e. The van der Waals surface area contributed by atoms with Crippen molar-refractivity contribution in [1.82, 2.24) is 14.7 Å². The Morgan fingerprint density at radius 1 is 1.26 bits per heavy atom. The first-order chi connectivity index (χ1) is 11.2. The van der Waals surface area contributed by atoms with Crippen LogP contribution in [0.3, 0.4) is 0 Å². The predicted molar refractivity (Wildman–Crippen MR) is 83.7 cm³/mol. The predicted octanol–water partition coefficient (Wildman–Crippen LogP) is 2.30. The maximum atomic E-state index is 12.3.